The number of nitrogens with one attached hydrogen (secondary N) is 1. The molecule has 0 aliphatic rings. The topological polar surface area (TPSA) is 12.0 Å². The summed E-state index contributed by atoms with van der Waals surface area (Å²) in [5.41, 5.74) is 0.260. The highest BCUT2D eigenvalue weighted by molar-refractivity contribution is 7.99. The number of thioether (sulfide) groups is 1. The van der Waals surface area contributed by atoms with Crippen molar-refractivity contribution in [2.45, 2.75) is 31.3 Å². The van der Waals surface area contributed by atoms with Crippen LogP contribution < -0.4 is 5.32 Å². The third kappa shape index (κ3) is 4.90. The Hall–Kier alpha value is -0.680. The van der Waals surface area contributed by atoms with Gasteiger partial charge in [-0.3, -0.25) is 0 Å². The lowest BCUT2D eigenvalue weighted by atomic mass is 10.1. The molecule has 1 aromatic rings. The summed E-state index contributed by atoms with van der Waals surface area (Å²) in [6.45, 7) is 5.64. The largest absolute Gasteiger partial charge is 0.416 e. The van der Waals surface area contributed by atoms with Crippen molar-refractivity contribution in [2.75, 3.05) is 12.8 Å². The molecule has 1 nitrogen and oxygen atoms in total. The summed E-state index contributed by atoms with van der Waals surface area (Å²) in [7, 11) is 0. The average molecular weight is 277 g/mol. The van der Waals surface area contributed by atoms with Crippen LogP contribution in [0.1, 0.15) is 25.0 Å². The minimum absolute atomic E-state index is 0.131. The third-order valence-electron chi connectivity index (χ3n) is 2.71. The third-order valence-corrected chi connectivity index (χ3v) is 3.96. The predicted molar refractivity (Wildman–Crippen MR) is 70.7 cm³/mol. The van der Waals surface area contributed by atoms with E-state index < -0.39 is 11.7 Å². The maximum Gasteiger partial charge on any atom is 0.416 e. The molecule has 0 amide bonds. The molecule has 0 radical (unpaired) electrons. The fourth-order valence-corrected chi connectivity index (χ4v) is 1.64. The van der Waals surface area contributed by atoms with Crippen molar-refractivity contribution in [3.05, 3.63) is 35.4 Å². The quantitative estimate of drug-likeness (QED) is 0.875. The van der Waals surface area contributed by atoms with Crippen LogP contribution in [0.2, 0.25) is 0 Å². The van der Waals surface area contributed by atoms with Gasteiger partial charge in [0.2, 0.25) is 0 Å². The maximum absolute atomic E-state index is 12.4. The van der Waals surface area contributed by atoms with Crippen LogP contribution in [-0.4, -0.2) is 17.5 Å². The molecule has 0 fully saturated rings. The Bertz CT molecular complexity index is 371. The van der Waals surface area contributed by atoms with Gasteiger partial charge in [0, 0.05) is 17.8 Å². The Morgan fingerprint density at radius 2 is 1.67 bits per heavy atom. The first-order valence-corrected chi connectivity index (χ1v) is 6.89. The molecule has 0 aromatic heterocycles. The molecule has 0 aliphatic carbocycles. The Morgan fingerprint density at radius 3 is 2.11 bits per heavy atom. The van der Waals surface area contributed by atoms with E-state index in [-0.39, 0.29) is 4.75 Å². The molecular formula is C13H18F3NS. The molecule has 0 atom stereocenters. The van der Waals surface area contributed by atoms with Gasteiger partial charge in [-0.05, 0) is 37.8 Å². The van der Waals surface area contributed by atoms with Crippen LogP contribution in [0.3, 0.4) is 0 Å². The standard InChI is InChI=1S/C13H18F3NS/c1-12(2,18-3)9-17-8-10-4-6-11(7-5-10)13(14,15)16/h4-7,17H,8-9H2,1-3H3. The lowest BCUT2D eigenvalue weighted by Crippen LogP contribution is -2.31. The number of benzene rings is 1. The van der Waals surface area contributed by atoms with E-state index in [1.165, 1.54) is 12.1 Å². The van der Waals surface area contributed by atoms with Gasteiger partial charge in [-0.2, -0.15) is 24.9 Å². The zero-order valence-electron chi connectivity index (χ0n) is 10.8. The van der Waals surface area contributed by atoms with Crippen molar-refractivity contribution < 1.29 is 13.2 Å². The minimum atomic E-state index is -4.26. The highest BCUT2D eigenvalue weighted by Crippen LogP contribution is 2.29. The summed E-state index contributed by atoms with van der Waals surface area (Å²) < 4.78 is 37.2. The van der Waals surface area contributed by atoms with Crippen LogP contribution in [0.5, 0.6) is 0 Å². The Labute approximate surface area is 110 Å². The van der Waals surface area contributed by atoms with Gasteiger partial charge in [0.25, 0.3) is 0 Å². The molecule has 102 valence electrons. The van der Waals surface area contributed by atoms with Crippen LogP contribution in [-0.2, 0) is 12.7 Å². The van der Waals surface area contributed by atoms with E-state index in [4.69, 9.17) is 0 Å². The fraction of sp³-hybridized carbons (Fsp3) is 0.538. The van der Waals surface area contributed by atoms with Crippen molar-refractivity contribution in [2.24, 2.45) is 0 Å². The average Bonchev–Trinajstić information content (AvgIpc) is 2.28. The smallest absolute Gasteiger partial charge is 0.311 e. The second kappa shape index (κ2) is 5.97. The van der Waals surface area contributed by atoms with Crippen molar-refractivity contribution in [1.82, 2.24) is 5.32 Å². The van der Waals surface area contributed by atoms with Gasteiger partial charge in [-0.25, -0.2) is 0 Å². The number of hydrogen-bond donors (Lipinski definition) is 1. The predicted octanol–water partition coefficient (Wildman–Crippen LogP) is 3.94. The first-order chi connectivity index (χ1) is 8.24. The molecule has 18 heavy (non-hydrogen) atoms. The molecule has 0 heterocycles. The highest BCUT2D eigenvalue weighted by Gasteiger charge is 2.29. The molecule has 1 rings (SSSR count). The lowest BCUT2D eigenvalue weighted by molar-refractivity contribution is -0.137. The van der Waals surface area contributed by atoms with Gasteiger partial charge in [0.15, 0.2) is 0 Å². The second-order valence-electron chi connectivity index (χ2n) is 4.76. The van der Waals surface area contributed by atoms with E-state index in [9.17, 15) is 13.2 Å². The van der Waals surface area contributed by atoms with Gasteiger partial charge in [0.05, 0.1) is 5.56 Å². The first-order valence-electron chi connectivity index (χ1n) is 5.66. The number of hydrogen-bond acceptors (Lipinski definition) is 2. The van der Waals surface area contributed by atoms with Crippen LogP contribution in [0.25, 0.3) is 0 Å². The van der Waals surface area contributed by atoms with Crippen molar-refractivity contribution in [3.8, 4) is 0 Å². The molecule has 0 unspecified atom stereocenters. The molecule has 1 aromatic carbocycles. The van der Waals surface area contributed by atoms with Crippen LogP contribution in [0.15, 0.2) is 24.3 Å². The molecule has 0 saturated carbocycles. The summed E-state index contributed by atoms with van der Waals surface area (Å²) in [6, 6.07) is 5.28. The second-order valence-corrected chi connectivity index (χ2v) is 6.28. The zero-order chi connectivity index (χ0) is 13.8. The summed E-state index contributed by atoms with van der Waals surface area (Å²) in [6.07, 6.45) is -2.22. The lowest BCUT2D eigenvalue weighted by Gasteiger charge is -2.22. The van der Waals surface area contributed by atoms with E-state index >= 15 is 0 Å². The van der Waals surface area contributed by atoms with Gasteiger partial charge in [-0.1, -0.05) is 12.1 Å². The highest BCUT2D eigenvalue weighted by atomic mass is 32.2. The van der Waals surface area contributed by atoms with Gasteiger partial charge in [-0.15, -0.1) is 0 Å². The van der Waals surface area contributed by atoms with Crippen molar-refractivity contribution in [3.63, 3.8) is 0 Å². The van der Waals surface area contributed by atoms with E-state index in [1.807, 2.05) is 6.26 Å². The molecule has 0 aliphatic heterocycles. The number of rotatable bonds is 5. The normalized spacial score (nSPS) is 12.8. The first kappa shape index (κ1) is 15.4. The Balaban J connectivity index is 2.50. The summed E-state index contributed by atoms with van der Waals surface area (Å²) in [5, 5.41) is 3.25. The molecule has 1 N–H and O–H groups in total. The minimum Gasteiger partial charge on any atom is -0.311 e. The van der Waals surface area contributed by atoms with Crippen molar-refractivity contribution in [1.29, 1.82) is 0 Å². The summed E-state index contributed by atoms with van der Waals surface area (Å²) >= 11 is 1.76. The summed E-state index contributed by atoms with van der Waals surface area (Å²) in [5.74, 6) is 0. The molecule has 0 saturated heterocycles. The molecule has 0 bridgehead atoms. The summed E-state index contributed by atoms with van der Waals surface area (Å²) in [4.78, 5) is 0. The monoisotopic (exact) mass is 277 g/mol. The number of alkyl halides is 3. The molecular weight excluding hydrogens is 259 g/mol. The number of halogens is 3. The van der Waals surface area contributed by atoms with Crippen LogP contribution in [0.4, 0.5) is 13.2 Å². The van der Waals surface area contributed by atoms with Gasteiger partial charge < -0.3 is 5.32 Å². The Morgan fingerprint density at radius 1 is 1.11 bits per heavy atom. The fourth-order valence-electron chi connectivity index (χ4n) is 1.39. The van der Waals surface area contributed by atoms with Crippen LogP contribution in [0, 0.1) is 0 Å². The van der Waals surface area contributed by atoms with E-state index in [0.29, 0.717) is 6.54 Å². The van der Waals surface area contributed by atoms with E-state index in [1.54, 1.807) is 11.8 Å². The van der Waals surface area contributed by atoms with Crippen molar-refractivity contribution >= 4 is 11.8 Å². The van der Waals surface area contributed by atoms with Gasteiger partial charge in [0.1, 0.15) is 0 Å². The SMILES string of the molecule is CSC(C)(C)CNCc1ccc(C(F)(F)F)cc1. The molecule has 5 heteroatoms. The maximum atomic E-state index is 12.4. The zero-order valence-corrected chi connectivity index (χ0v) is 11.6. The van der Waals surface area contributed by atoms with E-state index in [0.717, 1.165) is 24.2 Å². The Kier molecular flexibility index (Phi) is 5.10. The van der Waals surface area contributed by atoms with Gasteiger partial charge >= 0.3 is 6.18 Å². The molecule has 0 spiro atoms. The van der Waals surface area contributed by atoms with Crippen LogP contribution >= 0.6 is 11.8 Å². The van der Waals surface area contributed by atoms with E-state index in [2.05, 4.69) is 19.2 Å².